The highest BCUT2D eigenvalue weighted by molar-refractivity contribution is 8.18. The van der Waals surface area contributed by atoms with Crippen molar-refractivity contribution in [1.29, 1.82) is 5.26 Å². The maximum Gasteiger partial charge on any atom is 0.416 e. The zero-order valence-corrected chi connectivity index (χ0v) is 17.2. The number of non-ortho nitro benzene ring substituents is 1. The minimum absolute atomic E-state index is 0.00809. The van der Waals surface area contributed by atoms with Gasteiger partial charge in [0.25, 0.3) is 5.69 Å². The first-order valence-electron chi connectivity index (χ1n) is 8.45. The van der Waals surface area contributed by atoms with Gasteiger partial charge < -0.3 is 0 Å². The van der Waals surface area contributed by atoms with Gasteiger partial charge >= 0.3 is 16.3 Å². The maximum absolute atomic E-state index is 13.0. The molecule has 0 bridgehead atoms. The molecule has 0 aromatic heterocycles. The summed E-state index contributed by atoms with van der Waals surface area (Å²) >= 11 is 0.908. The molecule has 3 rings (SSSR count). The molecule has 0 fully saturated rings. The number of rotatable bonds is 5. The normalized spacial score (nSPS) is 16.6. The Balaban J connectivity index is 1.88. The molecule has 1 heterocycles. The van der Waals surface area contributed by atoms with Gasteiger partial charge in [0.2, 0.25) is 0 Å². The third-order valence-electron chi connectivity index (χ3n) is 3.96. The van der Waals surface area contributed by atoms with Crippen molar-refractivity contribution in [2.24, 2.45) is 5.16 Å². The van der Waals surface area contributed by atoms with E-state index in [0.29, 0.717) is 22.1 Å². The van der Waals surface area contributed by atoms with Crippen LogP contribution in [0.15, 0.2) is 75.6 Å². The van der Waals surface area contributed by atoms with Crippen molar-refractivity contribution in [1.82, 2.24) is 0 Å². The number of halogens is 3. The number of hydrogen-bond acceptors (Lipinski definition) is 8. The van der Waals surface area contributed by atoms with Crippen LogP contribution in [0.3, 0.4) is 0 Å². The summed E-state index contributed by atoms with van der Waals surface area (Å²) in [6.07, 6.45) is -2.17. The van der Waals surface area contributed by atoms with E-state index in [1.807, 2.05) is 6.07 Å². The van der Waals surface area contributed by atoms with Crippen molar-refractivity contribution in [3.63, 3.8) is 0 Å². The Hall–Kier alpha value is -3.63. The lowest BCUT2D eigenvalue weighted by molar-refractivity contribution is -0.385. The van der Waals surface area contributed by atoms with Gasteiger partial charge in [0.1, 0.15) is 16.0 Å². The number of alkyl halides is 3. The van der Waals surface area contributed by atoms with Crippen LogP contribution in [-0.4, -0.2) is 18.4 Å². The zero-order chi connectivity index (χ0) is 23.5. The van der Waals surface area contributed by atoms with E-state index in [0.717, 1.165) is 11.8 Å². The van der Waals surface area contributed by atoms with E-state index >= 15 is 0 Å². The van der Waals surface area contributed by atoms with E-state index in [1.165, 1.54) is 12.2 Å². The lowest BCUT2D eigenvalue weighted by Gasteiger charge is -2.08. The Kier molecular flexibility index (Phi) is 6.37. The van der Waals surface area contributed by atoms with Gasteiger partial charge in [-0.15, -0.1) is 0 Å². The number of hydrogen-bond donors (Lipinski definition) is 0. The SMILES string of the molecule is N#CC(=C1C=CC(=NOS(=O)(=O)c2cc([N+](=O)[O-])cc(C(F)(F)F)c2)S1)c1ccccc1. The highest BCUT2D eigenvalue weighted by Gasteiger charge is 2.35. The van der Waals surface area contributed by atoms with Crippen LogP contribution in [0.4, 0.5) is 18.9 Å². The molecule has 2 aromatic rings. The fourth-order valence-electron chi connectivity index (χ4n) is 2.50. The topological polar surface area (TPSA) is 123 Å². The Morgan fingerprint density at radius 2 is 1.84 bits per heavy atom. The summed E-state index contributed by atoms with van der Waals surface area (Å²) in [7, 11) is -4.90. The molecule has 0 amide bonds. The first kappa shape index (κ1) is 23.0. The minimum atomic E-state index is -5.02. The largest absolute Gasteiger partial charge is 0.416 e. The zero-order valence-electron chi connectivity index (χ0n) is 15.6. The van der Waals surface area contributed by atoms with Crippen LogP contribution in [0.5, 0.6) is 0 Å². The van der Waals surface area contributed by atoms with Gasteiger partial charge in [-0.1, -0.05) is 47.2 Å². The fourth-order valence-corrected chi connectivity index (χ4v) is 4.19. The second-order valence-electron chi connectivity index (χ2n) is 6.08. The highest BCUT2D eigenvalue weighted by Crippen LogP contribution is 2.36. The molecule has 0 saturated heterocycles. The van der Waals surface area contributed by atoms with Gasteiger partial charge in [-0.05, 0) is 23.8 Å². The summed E-state index contributed by atoms with van der Waals surface area (Å²) in [5.74, 6) is 0. The van der Waals surface area contributed by atoms with Crippen molar-refractivity contribution >= 4 is 38.2 Å². The van der Waals surface area contributed by atoms with Gasteiger partial charge in [0, 0.05) is 17.0 Å². The molecule has 0 saturated carbocycles. The summed E-state index contributed by atoms with van der Waals surface area (Å²) < 4.78 is 68.1. The Labute approximate surface area is 183 Å². The molecule has 1 aliphatic rings. The number of nitro benzene ring substituents is 1. The molecule has 0 N–H and O–H groups in total. The van der Waals surface area contributed by atoms with Crippen LogP contribution in [0.1, 0.15) is 11.1 Å². The number of oxime groups is 1. The van der Waals surface area contributed by atoms with Gasteiger partial charge in [-0.25, -0.2) is 0 Å². The number of nitriles is 1. The summed E-state index contributed by atoms with van der Waals surface area (Å²) in [5.41, 5.74) is -1.68. The molecule has 8 nitrogen and oxygen atoms in total. The van der Waals surface area contributed by atoms with Crippen molar-refractivity contribution in [3.8, 4) is 6.07 Å². The number of nitrogens with zero attached hydrogens (tertiary/aromatic N) is 3. The van der Waals surface area contributed by atoms with Gasteiger partial charge in [0.05, 0.1) is 16.1 Å². The second-order valence-corrected chi connectivity index (χ2v) is 8.67. The quantitative estimate of drug-likeness (QED) is 0.339. The first-order chi connectivity index (χ1) is 15.0. The smallest absolute Gasteiger partial charge is 0.264 e. The van der Waals surface area contributed by atoms with Crippen molar-refractivity contribution < 1.29 is 30.8 Å². The molecule has 1 aliphatic heterocycles. The second kappa shape index (κ2) is 8.85. The van der Waals surface area contributed by atoms with Gasteiger partial charge in [0.15, 0.2) is 0 Å². The Morgan fingerprint density at radius 3 is 2.44 bits per heavy atom. The molecular formula is C19H10F3N3O5S2. The van der Waals surface area contributed by atoms with E-state index in [1.54, 1.807) is 30.3 Å². The molecule has 0 atom stereocenters. The van der Waals surface area contributed by atoms with Crippen LogP contribution >= 0.6 is 11.8 Å². The summed E-state index contributed by atoms with van der Waals surface area (Å²) in [6.45, 7) is 0. The molecule has 32 heavy (non-hydrogen) atoms. The third kappa shape index (κ3) is 5.16. The van der Waals surface area contributed by atoms with Crippen molar-refractivity contribution in [3.05, 3.63) is 86.8 Å². The average Bonchev–Trinajstić information content (AvgIpc) is 3.21. The molecule has 0 spiro atoms. The van der Waals surface area contributed by atoms with Gasteiger partial charge in [-0.3, -0.25) is 14.4 Å². The molecule has 0 aliphatic carbocycles. The fraction of sp³-hybridized carbons (Fsp3) is 0.0526. The monoisotopic (exact) mass is 481 g/mol. The Morgan fingerprint density at radius 1 is 1.16 bits per heavy atom. The van der Waals surface area contributed by atoms with E-state index in [-0.39, 0.29) is 17.2 Å². The highest BCUT2D eigenvalue weighted by atomic mass is 32.2. The first-order valence-corrected chi connectivity index (χ1v) is 10.7. The van der Waals surface area contributed by atoms with Crippen LogP contribution in [0, 0.1) is 21.4 Å². The van der Waals surface area contributed by atoms with Gasteiger partial charge in [-0.2, -0.15) is 26.9 Å². The molecule has 2 aromatic carbocycles. The molecule has 164 valence electrons. The molecule has 13 heteroatoms. The number of allylic oxidation sites excluding steroid dienone is 2. The number of nitro groups is 1. The predicted octanol–water partition coefficient (Wildman–Crippen LogP) is 4.87. The summed E-state index contributed by atoms with van der Waals surface area (Å²) in [4.78, 5) is 9.13. The van der Waals surface area contributed by atoms with Crippen LogP contribution < -0.4 is 0 Å². The van der Waals surface area contributed by atoms with Crippen molar-refractivity contribution in [2.75, 3.05) is 0 Å². The number of benzene rings is 2. The van der Waals surface area contributed by atoms with E-state index in [9.17, 15) is 37.0 Å². The average molecular weight is 481 g/mol. The van der Waals surface area contributed by atoms with Crippen molar-refractivity contribution in [2.45, 2.75) is 11.1 Å². The third-order valence-corrected chi connectivity index (χ3v) is 6.02. The summed E-state index contributed by atoms with van der Waals surface area (Å²) in [6, 6.07) is 11.6. The predicted molar refractivity (Wildman–Crippen MR) is 110 cm³/mol. The van der Waals surface area contributed by atoms with E-state index in [4.69, 9.17) is 0 Å². The molecular weight excluding hydrogens is 471 g/mol. The number of thioether (sulfide) groups is 1. The summed E-state index contributed by atoms with van der Waals surface area (Å²) in [5, 5.41) is 23.7. The lowest BCUT2D eigenvalue weighted by atomic mass is 10.1. The lowest BCUT2D eigenvalue weighted by Crippen LogP contribution is -2.10. The van der Waals surface area contributed by atoms with E-state index < -0.39 is 37.4 Å². The molecule has 0 unspecified atom stereocenters. The van der Waals surface area contributed by atoms with Crippen LogP contribution in [0.25, 0.3) is 5.57 Å². The standard InChI is InChI=1S/C19H10F3N3O5S2/c20-19(21,22)13-8-14(25(26)27)10-15(9-13)32(28,29)30-24-18-7-6-17(31-18)16(11-23)12-4-2-1-3-5-12/h1-10H. The molecule has 0 radical (unpaired) electrons. The maximum atomic E-state index is 13.0. The Bertz CT molecular complexity index is 1310. The van der Waals surface area contributed by atoms with Crippen LogP contribution in [0.2, 0.25) is 0 Å². The van der Waals surface area contributed by atoms with Crippen LogP contribution in [-0.2, 0) is 20.6 Å². The van der Waals surface area contributed by atoms with E-state index in [2.05, 4.69) is 9.44 Å². The minimum Gasteiger partial charge on any atom is -0.264 e.